The molecule has 3 heteroatoms. The fourth-order valence-corrected chi connectivity index (χ4v) is 2.37. The van der Waals surface area contributed by atoms with Gasteiger partial charge in [-0.05, 0) is 53.8 Å². The monoisotopic (exact) mass is 302 g/mol. The van der Waals surface area contributed by atoms with Gasteiger partial charge in [0.1, 0.15) is 23.5 Å². The van der Waals surface area contributed by atoms with E-state index in [4.69, 9.17) is 4.74 Å². The van der Waals surface area contributed by atoms with E-state index in [0.717, 1.165) is 28.0 Å². The molecule has 0 N–H and O–H groups in total. The van der Waals surface area contributed by atoms with E-state index in [1.54, 1.807) is 7.11 Å². The van der Waals surface area contributed by atoms with Gasteiger partial charge in [0.15, 0.2) is 0 Å². The van der Waals surface area contributed by atoms with E-state index in [2.05, 4.69) is 0 Å². The number of nitrogens with zero attached hydrogens (tertiary/aromatic N) is 2. The van der Waals surface area contributed by atoms with Gasteiger partial charge in [-0.1, -0.05) is 30.3 Å². The molecule has 0 bridgehead atoms. The predicted molar refractivity (Wildman–Crippen MR) is 90.8 cm³/mol. The lowest BCUT2D eigenvalue weighted by atomic mass is 9.92. The van der Waals surface area contributed by atoms with Crippen molar-refractivity contribution in [2.75, 3.05) is 7.11 Å². The minimum atomic E-state index is 0.157. The Morgan fingerprint density at radius 1 is 0.957 bits per heavy atom. The summed E-state index contributed by atoms with van der Waals surface area (Å²) in [6, 6.07) is 17.7. The largest absolute Gasteiger partial charge is 0.497 e. The van der Waals surface area contributed by atoms with Gasteiger partial charge in [0.05, 0.1) is 7.11 Å². The number of rotatable bonds is 4. The molecule has 0 saturated heterocycles. The third kappa shape index (κ3) is 3.78. The van der Waals surface area contributed by atoms with Crippen LogP contribution in [0.1, 0.15) is 22.3 Å². The summed E-state index contributed by atoms with van der Waals surface area (Å²) in [5, 5.41) is 18.6. The van der Waals surface area contributed by atoms with Crippen LogP contribution in [0.25, 0.3) is 5.57 Å². The molecule has 0 aliphatic rings. The maximum atomic E-state index is 9.29. The van der Waals surface area contributed by atoms with Gasteiger partial charge in [-0.2, -0.15) is 10.5 Å². The molecule has 0 saturated carbocycles. The number of hydrogen-bond acceptors (Lipinski definition) is 3. The van der Waals surface area contributed by atoms with Crippen molar-refractivity contribution < 1.29 is 4.74 Å². The average Bonchev–Trinajstić information content (AvgIpc) is 2.58. The highest BCUT2D eigenvalue weighted by Crippen LogP contribution is 2.26. The van der Waals surface area contributed by atoms with Crippen LogP contribution < -0.4 is 4.74 Å². The number of benzene rings is 2. The number of hydrogen-bond donors (Lipinski definition) is 0. The van der Waals surface area contributed by atoms with E-state index >= 15 is 0 Å². The average molecular weight is 302 g/mol. The lowest BCUT2D eigenvalue weighted by Crippen LogP contribution is -1.96. The first kappa shape index (κ1) is 16.3. The zero-order valence-corrected chi connectivity index (χ0v) is 13.6. The standard InChI is InChI=1S/C20H18N2O/c1-14-4-7-17(10-15(14)2)20(18(12-21)13-22)11-16-5-8-19(23-3)9-6-16/h4-10H,11H2,1-3H3. The lowest BCUT2D eigenvalue weighted by molar-refractivity contribution is 0.414. The van der Waals surface area contributed by atoms with Gasteiger partial charge in [-0.3, -0.25) is 0 Å². The Balaban J connectivity index is 2.47. The molecule has 0 heterocycles. The molecular formula is C20H18N2O. The van der Waals surface area contributed by atoms with Crippen molar-refractivity contribution >= 4 is 5.57 Å². The van der Waals surface area contributed by atoms with E-state index in [9.17, 15) is 10.5 Å². The maximum Gasteiger partial charge on any atom is 0.133 e. The Morgan fingerprint density at radius 2 is 1.61 bits per heavy atom. The normalized spacial score (nSPS) is 9.61. The highest BCUT2D eigenvalue weighted by atomic mass is 16.5. The summed E-state index contributed by atoms with van der Waals surface area (Å²) in [5.41, 5.74) is 5.19. The molecule has 2 rings (SSSR count). The summed E-state index contributed by atoms with van der Waals surface area (Å²) in [7, 11) is 1.62. The topological polar surface area (TPSA) is 56.8 Å². The Kier molecular flexibility index (Phi) is 5.18. The van der Waals surface area contributed by atoms with E-state index in [0.29, 0.717) is 6.42 Å². The number of nitriles is 2. The Labute approximate surface area is 137 Å². The maximum absolute atomic E-state index is 9.29. The molecule has 0 aromatic heterocycles. The van der Waals surface area contributed by atoms with Crippen LogP contribution >= 0.6 is 0 Å². The van der Waals surface area contributed by atoms with Crippen molar-refractivity contribution in [2.24, 2.45) is 0 Å². The summed E-state index contributed by atoms with van der Waals surface area (Å²) in [4.78, 5) is 0. The van der Waals surface area contributed by atoms with Gasteiger partial charge < -0.3 is 4.74 Å². The van der Waals surface area contributed by atoms with Gasteiger partial charge in [0.25, 0.3) is 0 Å². The van der Waals surface area contributed by atoms with Crippen molar-refractivity contribution in [3.8, 4) is 17.9 Å². The van der Waals surface area contributed by atoms with E-state index in [1.165, 1.54) is 5.56 Å². The second-order valence-electron chi connectivity index (χ2n) is 5.40. The summed E-state index contributed by atoms with van der Waals surface area (Å²) in [6.45, 7) is 4.07. The van der Waals surface area contributed by atoms with E-state index in [1.807, 2.05) is 68.5 Å². The molecule has 0 aliphatic heterocycles. The Morgan fingerprint density at radius 3 is 2.13 bits per heavy atom. The smallest absolute Gasteiger partial charge is 0.133 e. The summed E-state index contributed by atoms with van der Waals surface area (Å²) < 4.78 is 5.16. The predicted octanol–water partition coefficient (Wildman–Crippen LogP) is 4.36. The second kappa shape index (κ2) is 7.29. The van der Waals surface area contributed by atoms with E-state index < -0.39 is 0 Å². The number of methoxy groups -OCH3 is 1. The third-order valence-corrected chi connectivity index (χ3v) is 3.92. The fourth-order valence-electron chi connectivity index (χ4n) is 2.37. The number of aryl methyl sites for hydroxylation is 2. The first-order valence-electron chi connectivity index (χ1n) is 7.33. The SMILES string of the molecule is COc1ccc(CC(=C(C#N)C#N)c2ccc(C)c(C)c2)cc1. The zero-order valence-electron chi connectivity index (χ0n) is 13.6. The van der Waals surface area contributed by atoms with Crippen LogP contribution in [-0.2, 0) is 6.42 Å². The summed E-state index contributed by atoms with van der Waals surface area (Å²) in [6.07, 6.45) is 0.531. The Hall–Kier alpha value is -3.04. The molecule has 0 fully saturated rings. The molecule has 114 valence electrons. The summed E-state index contributed by atoms with van der Waals surface area (Å²) >= 11 is 0. The van der Waals surface area contributed by atoms with Gasteiger partial charge in [-0.25, -0.2) is 0 Å². The molecule has 0 spiro atoms. The Bertz CT molecular complexity index is 802. The quantitative estimate of drug-likeness (QED) is 0.789. The van der Waals surface area contributed by atoms with Gasteiger partial charge in [0, 0.05) is 6.42 Å². The molecule has 0 atom stereocenters. The molecule has 0 unspecified atom stereocenters. The first-order valence-corrected chi connectivity index (χ1v) is 7.33. The zero-order chi connectivity index (χ0) is 16.8. The van der Waals surface area contributed by atoms with Gasteiger partial charge in [0.2, 0.25) is 0 Å². The van der Waals surface area contributed by atoms with Crippen molar-refractivity contribution in [1.82, 2.24) is 0 Å². The van der Waals surface area contributed by atoms with Crippen molar-refractivity contribution in [2.45, 2.75) is 20.3 Å². The van der Waals surface area contributed by atoms with Gasteiger partial charge >= 0.3 is 0 Å². The molecule has 3 nitrogen and oxygen atoms in total. The second-order valence-corrected chi connectivity index (χ2v) is 5.40. The van der Waals surface area contributed by atoms with Gasteiger partial charge in [-0.15, -0.1) is 0 Å². The first-order chi connectivity index (χ1) is 11.1. The summed E-state index contributed by atoms with van der Waals surface area (Å²) in [5.74, 6) is 0.784. The molecule has 2 aromatic carbocycles. The van der Waals surface area contributed by atoms with Crippen LogP contribution in [0.2, 0.25) is 0 Å². The number of ether oxygens (including phenoxy) is 1. The number of allylic oxidation sites excluding steroid dienone is 2. The van der Waals surface area contributed by atoms with Crippen molar-refractivity contribution in [1.29, 1.82) is 10.5 Å². The van der Waals surface area contributed by atoms with Crippen LogP contribution in [0.5, 0.6) is 5.75 Å². The highest BCUT2D eigenvalue weighted by molar-refractivity contribution is 5.77. The lowest BCUT2D eigenvalue weighted by Gasteiger charge is -2.11. The fraction of sp³-hybridized carbons (Fsp3) is 0.200. The van der Waals surface area contributed by atoms with Crippen LogP contribution in [0.4, 0.5) is 0 Å². The van der Waals surface area contributed by atoms with Crippen LogP contribution in [-0.4, -0.2) is 7.11 Å². The molecule has 0 aliphatic carbocycles. The highest BCUT2D eigenvalue weighted by Gasteiger charge is 2.11. The third-order valence-electron chi connectivity index (χ3n) is 3.92. The molecule has 0 amide bonds. The van der Waals surface area contributed by atoms with E-state index in [-0.39, 0.29) is 5.57 Å². The van der Waals surface area contributed by atoms with Crippen LogP contribution in [0, 0.1) is 36.5 Å². The van der Waals surface area contributed by atoms with Crippen LogP contribution in [0.15, 0.2) is 48.0 Å². The molecular weight excluding hydrogens is 284 g/mol. The molecule has 2 aromatic rings. The van der Waals surface area contributed by atoms with Crippen molar-refractivity contribution in [3.63, 3.8) is 0 Å². The van der Waals surface area contributed by atoms with Crippen LogP contribution in [0.3, 0.4) is 0 Å². The molecule has 23 heavy (non-hydrogen) atoms. The minimum absolute atomic E-state index is 0.157. The minimum Gasteiger partial charge on any atom is -0.497 e. The molecule has 0 radical (unpaired) electrons. The van der Waals surface area contributed by atoms with Crippen molar-refractivity contribution in [3.05, 3.63) is 70.3 Å².